The summed E-state index contributed by atoms with van der Waals surface area (Å²) >= 11 is 1.20. The lowest BCUT2D eigenvalue weighted by Gasteiger charge is -2.02. The molecule has 2 aromatic carbocycles. The van der Waals surface area contributed by atoms with Crippen molar-refractivity contribution in [3.05, 3.63) is 64.6 Å². The highest BCUT2D eigenvalue weighted by Crippen LogP contribution is 2.28. The van der Waals surface area contributed by atoms with Crippen molar-refractivity contribution in [1.82, 2.24) is 5.32 Å². The van der Waals surface area contributed by atoms with Gasteiger partial charge >= 0.3 is 5.97 Å². The first-order valence-corrected chi connectivity index (χ1v) is 8.73. The van der Waals surface area contributed by atoms with Crippen molar-refractivity contribution < 1.29 is 19.5 Å². The van der Waals surface area contributed by atoms with Crippen molar-refractivity contribution in [3.8, 4) is 0 Å². The zero-order valence-electron chi connectivity index (χ0n) is 14.2. The fourth-order valence-electron chi connectivity index (χ4n) is 2.29. The van der Waals surface area contributed by atoms with E-state index >= 15 is 0 Å². The minimum absolute atomic E-state index is 0.154. The smallest absolute Gasteiger partial charge is 0.335 e. The Bertz CT molecular complexity index is 963. The van der Waals surface area contributed by atoms with E-state index in [2.05, 4.69) is 15.6 Å². The Labute approximate surface area is 159 Å². The van der Waals surface area contributed by atoms with E-state index in [0.717, 1.165) is 5.56 Å². The number of hydrogen-bond donors (Lipinski definition) is 3. The maximum absolute atomic E-state index is 12.1. The molecule has 1 fully saturated rings. The van der Waals surface area contributed by atoms with E-state index < -0.39 is 5.97 Å². The number of aliphatic imine (C=N–C) groups is 1. The summed E-state index contributed by atoms with van der Waals surface area (Å²) in [5, 5.41) is 14.7. The third-order valence-electron chi connectivity index (χ3n) is 3.52. The first-order chi connectivity index (χ1) is 12.9. The average Bonchev–Trinajstić information content (AvgIpc) is 2.96. The molecule has 7 nitrogen and oxygen atoms in total. The van der Waals surface area contributed by atoms with Crippen LogP contribution in [0.25, 0.3) is 6.08 Å². The van der Waals surface area contributed by atoms with Crippen molar-refractivity contribution in [2.75, 3.05) is 5.32 Å². The molecule has 0 unspecified atom stereocenters. The largest absolute Gasteiger partial charge is 0.478 e. The van der Waals surface area contributed by atoms with Gasteiger partial charge in [0.2, 0.25) is 5.91 Å². The number of amidine groups is 1. The first-order valence-electron chi connectivity index (χ1n) is 7.91. The number of nitrogens with zero attached hydrogens (tertiary/aromatic N) is 1. The van der Waals surface area contributed by atoms with Gasteiger partial charge in [-0.3, -0.25) is 9.59 Å². The zero-order chi connectivity index (χ0) is 19.4. The third-order valence-corrected chi connectivity index (χ3v) is 4.43. The maximum Gasteiger partial charge on any atom is 0.335 e. The second-order valence-corrected chi connectivity index (χ2v) is 6.67. The predicted octanol–water partition coefficient (Wildman–Crippen LogP) is 3.23. The van der Waals surface area contributed by atoms with Crippen LogP contribution >= 0.6 is 11.8 Å². The molecule has 1 saturated heterocycles. The standard InChI is InChI=1S/C19H15N3O4S/c1-11(23)20-14-6-8-15(9-7-14)21-19-22-17(24)16(27-19)10-12-2-4-13(5-3-12)18(25)26/h2-10H,1H3,(H,20,23)(H,25,26)(H,21,22,24). The first kappa shape index (κ1) is 18.4. The van der Waals surface area contributed by atoms with E-state index in [1.165, 1.54) is 30.8 Å². The molecule has 3 rings (SSSR count). The molecule has 2 aromatic rings. The number of aromatic carboxylic acids is 1. The summed E-state index contributed by atoms with van der Waals surface area (Å²) in [6.45, 7) is 1.43. The van der Waals surface area contributed by atoms with Crippen LogP contribution in [0.15, 0.2) is 58.4 Å². The Morgan fingerprint density at radius 2 is 1.78 bits per heavy atom. The number of amides is 2. The molecule has 1 heterocycles. The summed E-state index contributed by atoms with van der Waals surface area (Å²) < 4.78 is 0. The van der Waals surface area contributed by atoms with Gasteiger partial charge in [0.15, 0.2) is 5.17 Å². The van der Waals surface area contributed by atoms with Crippen LogP contribution in [-0.4, -0.2) is 28.1 Å². The number of thioether (sulfide) groups is 1. The Kier molecular flexibility index (Phi) is 5.37. The number of anilines is 1. The summed E-state index contributed by atoms with van der Waals surface area (Å²) in [6, 6.07) is 13.2. The van der Waals surface area contributed by atoms with E-state index in [1.807, 2.05) is 0 Å². The number of carbonyl (C=O) groups is 3. The van der Waals surface area contributed by atoms with Crippen molar-refractivity contribution in [2.45, 2.75) is 6.92 Å². The molecule has 0 bridgehead atoms. The Balaban J connectivity index is 1.73. The van der Waals surface area contributed by atoms with Crippen molar-refractivity contribution in [2.24, 2.45) is 4.99 Å². The molecule has 2 amide bonds. The molecule has 8 heteroatoms. The number of hydrogen-bond acceptors (Lipinski definition) is 5. The molecule has 27 heavy (non-hydrogen) atoms. The predicted molar refractivity (Wildman–Crippen MR) is 105 cm³/mol. The summed E-state index contributed by atoms with van der Waals surface area (Å²) in [6.07, 6.45) is 1.67. The van der Waals surface area contributed by atoms with Crippen LogP contribution in [0.5, 0.6) is 0 Å². The van der Waals surface area contributed by atoms with Gasteiger partial charge in [0, 0.05) is 12.6 Å². The number of carboxylic acid groups (broad SMARTS) is 1. The van der Waals surface area contributed by atoms with Crippen molar-refractivity contribution >= 4 is 52.2 Å². The van der Waals surface area contributed by atoms with Crippen LogP contribution in [0.3, 0.4) is 0 Å². The van der Waals surface area contributed by atoms with E-state index in [4.69, 9.17) is 5.11 Å². The quantitative estimate of drug-likeness (QED) is 0.705. The molecule has 0 aromatic heterocycles. The highest BCUT2D eigenvalue weighted by Gasteiger charge is 2.23. The Hall–Kier alpha value is -3.39. The number of nitrogens with one attached hydrogen (secondary N) is 2. The molecular formula is C19H15N3O4S. The van der Waals surface area contributed by atoms with Gasteiger partial charge in [0.25, 0.3) is 5.91 Å². The monoisotopic (exact) mass is 381 g/mol. The van der Waals surface area contributed by atoms with Gasteiger partial charge in [-0.25, -0.2) is 9.79 Å². The van der Waals surface area contributed by atoms with E-state index in [1.54, 1.807) is 42.5 Å². The number of carboxylic acids is 1. The molecule has 136 valence electrons. The number of rotatable bonds is 4. The molecule has 3 N–H and O–H groups in total. The molecule has 0 aliphatic carbocycles. The average molecular weight is 381 g/mol. The van der Waals surface area contributed by atoms with Crippen LogP contribution in [0.2, 0.25) is 0 Å². The fourth-order valence-corrected chi connectivity index (χ4v) is 3.14. The van der Waals surface area contributed by atoms with Gasteiger partial charge in [0.05, 0.1) is 16.2 Å². The summed E-state index contributed by atoms with van der Waals surface area (Å²) in [5.74, 6) is -1.42. The summed E-state index contributed by atoms with van der Waals surface area (Å²) in [7, 11) is 0. The van der Waals surface area contributed by atoms with Gasteiger partial charge in [-0.1, -0.05) is 12.1 Å². The summed E-state index contributed by atoms with van der Waals surface area (Å²) in [4.78, 5) is 38.9. The van der Waals surface area contributed by atoms with E-state index in [9.17, 15) is 14.4 Å². The van der Waals surface area contributed by atoms with Gasteiger partial charge in [-0.05, 0) is 59.8 Å². The van der Waals surface area contributed by atoms with Crippen LogP contribution in [0, 0.1) is 0 Å². The SMILES string of the molecule is CC(=O)Nc1ccc(N=C2NC(=O)C(=Cc3ccc(C(=O)O)cc3)S2)cc1. The van der Waals surface area contributed by atoms with Gasteiger partial charge in [-0.15, -0.1) is 0 Å². The zero-order valence-corrected chi connectivity index (χ0v) is 15.0. The van der Waals surface area contributed by atoms with E-state index in [-0.39, 0.29) is 17.4 Å². The minimum Gasteiger partial charge on any atom is -0.478 e. The highest BCUT2D eigenvalue weighted by atomic mass is 32.2. The topological polar surface area (TPSA) is 108 Å². The van der Waals surface area contributed by atoms with Crippen LogP contribution in [0.1, 0.15) is 22.8 Å². The second-order valence-electron chi connectivity index (χ2n) is 5.64. The maximum atomic E-state index is 12.1. The summed E-state index contributed by atoms with van der Waals surface area (Å²) in [5.41, 5.74) is 2.21. The fraction of sp³-hybridized carbons (Fsp3) is 0.0526. The molecule has 1 aliphatic rings. The van der Waals surface area contributed by atoms with Gasteiger partial charge in [-0.2, -0.15) is 0 Å². The lowest BCUT2D eigenvalue weighted by molar-refractivity contribution is -0.115. The minimum atomic E-state index is -0.999. The molecule has 1 aliphatic heterocycles. The highest BCUT2D eigenvalue weighted by molar-refractivity contribution is 8.18. The lowest BCUT2D eigenvalue weighted by atomic mass is 10.1. The van der Waals surface area contributed by atoms with Gasteiger partial charge in [0.1, 0.15) is 0 Å². The number of benzene rings is 2. The van der Waals surface area contributed by atoms with Crippen molar-refractivity contribution in [3.63, 3.8) is 0 Å². The van der Waals surface area contributed by atoms with E-state index in [0.29, 0.717) is 21.4 Å². The second kappa shape index (κ2) is 7.88. The van der Waals surface area contributed by atoms with Crippen molar-refractivity contribution in [1.29, 1.82) is 0 Å². The van der Waals surface area contributed by atoms with Crippen LogP contribution in [-0.2, 0) is 9.59 Å². The molecule has 0 spiro atoms. The Morgan fingerprint density at radius 1 is 1.11 bits per heavy atom. The molecule has 0 radical (unpaired) electrons. The molecule has 0 atom stereocenters. The van der Waals surface area contributed by atoms with Crippen LogP contribution in [0.4, 0.5) is 11.4 Å². The van der Waals surface area contributed by atoms with Crippen LogP contribution < -0.4 is 10.6 Å². The molecule has 0 saturated carbocycles. The molecular weight excluding hydrogens is 366 g/mol. The lowest BCUT2D eigenvalue weighted by Crippen LogP contribution is -2.19. The third kappa shape index (κ3) is 4.83. The normalized spacial score (nSPS) is 16.4. The van der Waals surface area contributed by atoms with Gasteiger partial charge < -0.3 is 15.7 Å². The number of carbonyl (C=O) groups excluding carboxylic acids is 2. The Morgan fingerprint density at radius 3 is 2.37 bits per heavy atom.